The summed E-state index contributed by atoms with van der Waals surface area (Å²) in [5.41, 5.74) is 13.5. The molecule has 11 rings (SSSR count). The second kappa shape index (κ2) is 15.9. The van der Waals surface area contributed by atoms with Crippen molar-refractivity contribution >= 4 is 21.8 Å². The quantitative estimate of drug-likeness (QED) is 0.143. The van der Waals surface area contributed by atoms with Crippen LogP contribution in [0.3, 0.4) is 0 Å². The number of pyridine rings is 1. The Hall–Kier alpha value is -8.48. The number of hydrogen-bond donors (Lipinski definition) is 0. The van der Waals surface area contributed by atoms with Crippen LogP contribution in [0, 0.1) is 0 Å². The van der Waals surface area contributed by atoms with E-state index in [1.807, 2.05) is 60.7 Å². The Morgan fingerprint density at radius 3 is 1.05 bits per heavy atom. The van der Waals surface area contributed by atoms with Gasteiger partial charge in [-0.1, -0.05) is 206 Å². The Morgan fingerprint density at radius 1 is 0.210 bits per heavy atom. The molecule has 0 saturated heterocycles. The van der Waals surface area contributed by atoms with Crippen molar-refractivity contribution in [2.75, 3.05) is 0 Å². The van der Waals surface area contributed by atoms with Crippen molar-refractivity contribution in [2.45, 2.75) is 0 Å². The van der Waals surface area contributed by atoms with Crippen LogP contribution in [0.15, 0.2) is 218 Å². The predicted molar refractivity (Wildman–Crippen MR) is 252 cm³/mol. The third-order valence-corrected chi connectivity index (χ3v) is 11.2. The zero-order chi connectivity index (χ0) is 41.2. The zero-order valence-corrected chi connectivity index (χ0v) is 33.5. The van der Waals surface area contributed by atoms with Gasteiger partial charge in [0.05, 0.1) is 16.9 Å². The van der Waals surface area contributed by atoms with E-state index in [1.54, 1.807) is 0 Å². The van der Waals surface area contributed by atoms with Crippen molar-refractivity contribution in [3.05, 3.63) is 218 Å². The Bertz CT molecular complexity index is 3240. The van der Waals surface area contributed by atoms with E-state index in [0.717, 1.165) is 88.8 Å². The van der Waals surface area contributed by atoms with Gasteiger partial charge < -0.3 is 0 Å². The molecule has 6 nitrogen and oxygen atoms in total. The number of fused-ring (bicyclic) bond motifs is 3. The van der Waals surface area contributed by atoms with Crippen molar-refractivity contribution in [1.29, 1.82) is 0 Å². The van der Waals surface area contributed by atoms with Crippen LogP contribution >= 0.6 is 0 Å². The van der Waals surface area contributed by atoms with Crippen LogP contribution in [0.2, 0.25) is 0 Å². The summed E-state index contributed by atoms with van der Waals surface area (Å²) in [6, 6.07) is 74.6. The van der Waals surface area contributed by atoms with E-state index >= 15 is 0 Å². The number of nitrogens with zero attached hydrogens (tertiary/aromatic N) is 6. The highest BCUT2D eigenvalue weighted by atomic mass is 15.0. The molecule has 0 atom stereocenters. The van der Waals surface area contributed by atoms with Crippen LogP contribution in [0.1, 0.15) is 0 Å². The first-order valence-corrected chi connectivity index (χ1v) is 20.6. The van der Waals surface area contributed by atoms with Crippen LogP contribution in [0.4, 0.5) is 0 Å². The largest absolute Gasteiger partial charge is 0.245 e. The first-order chi connectivity index (χ1) is 30.7. The predicted octanol–water partition coefficient (Wildman–Crippen LogP) is 13.7. The SMILES string of the molecule is c1ccc(-c2ccc(-c3nc(-c4ccc(-c5ccccc5)cc4)nc(-c4ccc(-c5nc(-c6ccccc6)nc6c5ccc5ccc(-c7ccccc7)nc56)cc4)n3)cc2)cc1. The molecule has 0 amide bonds. The highest BCUT2D eigenvalue weighted by molar-refractivity contribution is 6.08. The summed E-state index contributed by atoms with van der Waals surface area (Å²) in [7, 11) is 0. The molecule has 0 aliphatic heterocycles. The molecule has 0 saturated carbocycles. The lowest BCUT2D eigenvalue weighted by Gasteiger charge is -2.13. The highest BCUT2D eigenvalue weighted by Crippen LogP contribution is 2.35. The van der Waals surface area contributed by atoms with Crippen molar-refractivity contribution in [1.82, 2.24) is 29.9 Å². The van der Waals surface area contributed by atoms with Crippen LogP contribution in [0.25, 0.3) is 112 Å². The molecular weight excluding hydrogens is 757 g/mol. The molecular formula is C56H36N6. The summed E-state index contributed by atoms with van der Waals surface area (Å²) in [6.07, 6.45) is 0. The molecule has 290 valence electrons. The topological polar surface area (TPSA) is 77.3 Å². The third kappa shape index (κ3) is 7.16. The molecule has 0 spiro atoms. The van der Waals surface area contributed by atoms with Gasteiger partial charge in [-0.15, -0.1) is 0 Å². The van der Waals surface area contributed by atoms with Crippen LogP contribution in [-0.4, -0.2) is 29.9 Å². The molecule has 0 N–H and O–H groups in total. The van der Waals surface area contributed by atoms with Gasteiger partial charge in [0, 0.05) is 44.2 Å². The Morgan fingerprint density at radius 2 is 0.565 bits per heavy atom. The summed E-state index contributed by atoms with van der Waals surface area (Å²) in [5, 5.41) is 1.94. The van der Waals surface area contributed by atoms with Gasteiger partial charge in [-0.05, 0) is 34.4 Å². The minimum atomic E-state index is 0.581. The van der Waals surface area contributed by atoms with Crippen LogP contribution in [0.5, 0.6) is 0 Å². The molecule has 0 unspecified atom stereocenters. The summed E-state index contributed by atoms with van der Waals surface area (Å²) < 4.78 is 0. The van der Waals surface area contributed by atoms with Gasteiger partial charge in [0.1, 0.15) is 5.52 Å². The van der Waals surface area contributed by atoms with E-state index in [2.05, 4.69) is 158 Å². The maximum absolute atomic E-state index is 5.22. The number of aromatic nitrogens is 6. The van der Waals surface area contributed by atoms with E-state index in [9.17, 15) is 0 Å². The molecule has 0 fully saturated rings. The van der Waals surface area contributed by atoms with Gasteiger partial charge in [0.15, 0.2) is 23.3 Å². The van der Waals surface area contributed by atoms with Crippen molar-refractivity contribution < 1.29 is 0 Å². The molecule has 0 aliphatic rings. The molecule has 6 heteroatoms. The Kier molecular flexibility index (Phi) is 9.41. The minimum absolute atomic E-state index is 0.581. The molecule has 3 aromatic heterocycles. The van der Waals surface area contributed by atoms with Crippen molar-refractivity contribution in [2.24, 2.45) is 0 Å². The Labute approximate surface area is 359 Å². The maximum Gasteiger partial charge on any atom is 0.164 e. The van der Waals surface area contributed by atoms with E-state index in [0.29, 0.717) is 23.3 Å². The van der Waals surface area contributed by atoms with Gasteiger partial charge >= 0.3 is 0 Å². The number of benzene rings is 8. The molecule has 62 heavy (non-hydrogen) atoms. The zero-order valence-electron chi connectivity index (χ0n) is 33.5. The molecule has 0 bridgehead atoms. The van der Waals surface area contributed by atoms with Gasteiger partial charge in [-0.25, -0.2) is 29.9 Å². The van der Waals surface area contributed by atoms with Crippen LogP contribution < -0.4 is 0 Å². The summed E-state index contributed by atoms with van der Waals surface area (Å²) >= 11 is 0. The number of rotatable bonds is 8. The van der Waals surface area contributed by atoms with Gasteiger partial charge in [-0.3, -0.25) is 0 Å². The summed E-state index contributed by atoms with van der Waals surface area (Å²) in [5.74, 6) is 2.42. The van der Waals surface area contributed by atoms with Crippen molar-refractivity contribution in [3.63, 3.8) is 0 Å². The lowest BCUT2D eigenvalue weighted by atomic mass is 10.0. The lowest BCUT2D eigenvalue weighted by molar-refractivity contribution is 1.07. The van der Waals surface area contributed by atoms with Crippen molar-refractivity contribution in [3.8, 4) is 90.3 Å². The van der Waals surface area contributed by atoms with E-state index in [1.165, 1.54) is 0 Å². The molecule has 0 aliphatic carbocycles. The molecule has 3 heterocycles. The fraction of sp³-hybridized carbons (Fsp3) is 0. The van der Waals surface area contributed by atoms with Crippen LogP contribution in [-0.2, 0) is 0 Å². The van der Waals surface area contributed by atoms with Gasteiger partial charge in [0.2, 0.25) is 0 Å². The molecule has 11 aromatic rings. The maximum atomic E-state index is 5.22. The smallest absolute Gasteiger partial charge is 0.164 e. The summed E-state index contributed by atoms with van der Waals surface area (Å²) in [6.45, 7) is 0. The Balaban J connectivity index is 1.02. The molecule has 8 aromatic carbocycles. The van der Waals surface area contributed by atoms with E-state index in [-0.39, 0.29) is 0 Å². The number of hydrogen-bond acceptors (Lipinski definition) is 6. The summed E-state index contributed by atoms with van der Waals surface area (Å²) in [4.78, 5) is 30.8. The van der Waals surface area contributed by atoms with Gasteiger partial charge in [-0.2, -0.15) is 0 Å². The lowest BCUT2D eigenvalue weighted by Crippen LogP contribution is -2.00. The average molecular weight is 793 g/mol. The minimum Gasteiger partial charge on any atom is -0.245 e. The average Bonchev–Trinajstić information content (AvgIpc) is 3.37. The fourth-order valence-electron chi connectivity index (χ4n) is 7.91. The third-order valence-electron chi connectivity index (χ3n) is 11.2. The second-order valence-electron chi connectivity index (χ2n) is 15.1. The fourth-order valence-corrected chi connectivity index (χ4v) is 7.91. The monoisotopic (exact) mass is 792 g/mol. The highest BCUT2D eigenvalue weighted by Gasteiger charge is 2.17. The first kappa shape index (κ1) is 36.6. The standard InChI is InChI=1S/C56H36N6/c1-5-13-37(14-6-1)39-21-27-45(28-22-39)54-60-55(46-29-23-40(24-30-46)38-15-7-2-8-16-38)62-56(61-54)47-31-25-42(26-32-47)50-48-35-33-43-34-36-49(41-17-9-3-10-18-41)57-51(43)52(48)59-53(58-50)44-19-11-4-12-20-44/h1-36H. The van der Waals surface area contributed by atoms with E-state index in [4.69, 9.17) is 29.9 Å². The van der Waals surface area contributed by atoms with Gasteiger partial charge in [0.25, 0.3) is 0 Å². The second-order valence-corrected chi connectivity index (χ2v) is 15.1. The first-order valence-electron chi connectivity index (χ1n) is 20.6. The normalized spacial score (nSPS) is 11.2. The molecule has 0 radical (unpaired) electrons. The van der Waals surface area contributed by atoms with E-state index < -0.39 is 0 Å².